The molecular weight excluding hydrogens is 355 g/mol. The molecule has 1 unspecified atom stereocenters. The van der Waals surface area contributed by atoms with Crippen molar-refractivity contribution < 1.29 is 14.3 Å². The molecule has 7 heteroatoms. The van der Waals surface area contributed by atoms with Gasteiger partial charge >= 0.3 is 5.97 Å². The zero-order valence-corrected chi connectivity index (χ0v) is 14.2. The van der Waals surface area contributed by atoms with Crippen molar-refractivity contribution in [3.05, 3.63) is 75.3 Å². The van der Waals surface area contributed by atoms with E-state index in [-0.39, 0.29) is 17.8 Å². The molecule has 26 heavy (non-hydrogen) atoms. The predicted octanol–water partition coefficient (Wildman–Crippen LogP) is 3.69. The lowest BCUT2D eigenvalue weighted by Crippen LogP contribution is -2.23. The van der Waals surface area contributed by atoms with Crippen LogP contribution in [0.15, 0.2) is 53.3 Å². The molecule has 130 valence electrons. The number of aromatic nitrogens is 2. The van der Waals surface area contributed by atoms with Gasteiger partial charge in [-0.3, -0.25) is 9.59 Å². The number of carboxylic acids is 1. The van der Waals surface area contributed by atoms with Gasteiger partial charge in [0.1, 0.15) is 5.82 Å². The number of para-hydroxylation sites is 1. The Balaban J connectivity index is 1.78. The lowest BCUT2D eigenvalue weighted by atomic mass is 9.96. The van der Waals surface area contributed by atoms with Crippen LogP contribution in [0.25, 0.3) is 21.1 Å². The molecule has 0 spiro atoms. The average Bonchev–Trinajstić information content (AvgIpc) is 3.03. The van der Waals surface area contributed by atoms with Gasteiger partial charge in [0.2, 0.25) is 0 Å². The normalized spacial score (nSPS) is 12.5. The fourth-order valence-corrected chi connectivity index (χ4v) is 3.99. The molecule has 0 radical (unpaired) electrons. The highest BCUT2D eigenvalue weighted by Gasteiger charge is 2.25. The van der Waals surface area contributed by atoms with Crippen LogP contribution in [0.2, 0.25) is 0 Å². The molecule has 5 nitrogen and oxygen atoms in total. The molecule has 2 N–H and O–H groups in total. The molecule has 0 bridgehead atoms. The number of halogens is 1. The van der Waals surface area contributed by atoms with Crippen molar-refractivity contribution in [3.63, 3.8) is 0 Å². The molecule has 0 aliphatic rings. The molecule has 0 aliphatic heterocycles. The zero-order valence-electron chi connectivity index (χ0n) is 13.4. The summed E-state index contributed by atoms with van der Waals surface area (Å²) in [6, 6.07) is 13.3. The number of pyridine rings is 1. The number of H-pyrrole nitrogens is 1. The van der Waals surface area contributed by atoms with Crippen LogP contribution in [0.4, 0.5) is 4.39 Å². The zero-order chi connectivity index (χ0) is 18.3. The second-order valence-electron chi connectivity index (χ2n) is 5.93. The second-order valence-corrected chi connectivity index (χ2v) is 7.02. The topological polar surface area (TPSA) is 83.0 Å². The van der Waals surface area contributed by atoms with E-state index < -0.39 is 17.4 Å². The van der Waals surface area contributed by atoms with E-state index in [9.17, 15) is 19.1 Å². The molecule has 2 heterocycles. The van der Waals surface area contributed by atoms with Crippen molar-refractivity contribution in [3.8, 4) is 0 Å². The molecule has 0 amide bonds. The molecule has 0 fully saturated rings. The van der Waals surface area contributed by atoms with Crippen molar-refractivity contribution in [1.29, 1.82) is 0 Å². The van der Waals surface area contributed by atoms with E-state index in [2.05, 4.69) is 9.97 Å². The van der Waals surface area contributed by atoms with Crippen molar-refractivity contribution in [1.82, 2.24) is 9.97 Å². The van der Waals surface area contributed by atoms with Gasteiger partial charge in [-0.1, -0.05) is 24.3 Å². The first kappa shape index (κ1) is 16.4. The number of nitrogens with one attached hydrogen (secondary N) is 1. The van der Waals surface area contributed by atoms with Crippen LogP contribution >= 0.6 is 11.3 Å². The first-order valence-electron chi connectivity index (χ1n) is 7.91. The Morgan fingerprint density at radius 3 is 2.81 bits per heavy atom. The molecule has 0 saturated heterocycles. The molecule has 2 aromatic carbocycles. The van der Waals surface area contributed by atoms with E-state index in [1.807, 2.05) is 6.07 Å². The Morgan fingerprint density at radius 1 is 1.23 bits per heavy atom. The highest BCUT2D eigenvalue weighted by Crippen LogP contribution is 2.29. The van der Waals surface area contributed by atoms with Crippen LogP contribution in [-0.4, -0.2) is 21.0 Å². The Morgan fingerprint density at radius 2 is 2.04 bits per heavy atom. The fourth-order valence-electron chi connectivity index (χ4n) is 2.98. The standard InChI is InChI=1S/C19H13FN2O3S/c20-13-5-3-7-15-17(13)26-16(21-15)9-12(19(24)25)11-8-10-4-1-2-6-14(10)22-18(11)23/h1-8,12H,9H2,(H,22,23)(H,24,25). The van der Waals surface area contributed by atoms with E-state index in [0.717, 1.165) is 16.7 Å². The molecule has 4 rings (SSSR count). The summed E-state index contributed by atoms with van der Waals surface area (Å²) in [6.45, 7) is 0. The molecule has 0 aliphatic carbocycles. The summed E-state index contributed by atoms with van der Waals surface area (Å²) >= 11 is 1.11. The second kappa shape index (κ2) is 6.34. The van der Waals surface area contributed by atoms with Gasteiger partial charge in [-0.05, 0) is 29.7 Å². The minimum atomic E-state index is -1.12. The Labute approximate surface area is 150 Å². The van der Waals surface area contributed by atoms with Gasteiger partial charge in [0.15, 0.2) is 0 Å². The molecule has 1 atom stereocenters. The summed E-state index contributed by atoms with van der Waals surface area (Å²) < 4.78 is 14.2. The minimum Gasteiger partial charge on any atom is -0.481 e. The number of rotatable bonds is 4. The molecule has 2 aromatic heterocycles. The molecular formula is C19H13FN2O3S. The lowest BCUT2D eigenvalue weighted by molar-refractivity contribution is -0.138. The number of carbonyl (C=O) groups is 1. The highest BCUT2D eigenvalue weighted by molar-refractivity contribution is 7.18. The number of nitrogens with zero attached hydrogens (tertiary/aromatic N) is 1. The fraction of sp³-hybridized carbons (Fsp3) is 0.105. The minimum absolute atomic E-state index is 0.0234. The van der Waals surface area contributed by atoms with E-state index in [0.29, 0.717) is 20.7 Å². The van der Waals surface area contributed by atoms with Crippen LogP contribution in [0.3, 0.4) is 0 Å². The van der Waals surface area contributed by atoms with Gasteiger partial charge in [0.05, 0.1) is 21.1 Å². The van der Waals surface area contributed by atoms with Gasteiger partial charge in [-0.2, -0.15) is 0 Å². The number of benzene rings is 2. The van der Waals surface area contributed by atoms with Crippen molar-refractivity contribution in [2.45, 2.75) is 12.3 Å². The summed E-state index contributed by atoms with van der Waals surface area (Å²) in [5, 5.41) is 10.9. The Kier molecular flexibility index (Phi) is 4.00. The van der Waals surface area contributed by atoms with Crippen molar-refractivity contribution in [2.75, 3.05) is 0 Å². The van der Waals surface area contributed by atoms with Crippen molar-refractivity contribution in [2.24, 2.45) is 0 Å². The summed E-state index contributed by atoms with van der Waals surface area (Å²) in [5.41, 5.74) is 0.855. The van der Waals surface area contributed by atoms with Crippen molar-refractivity contribution >= 4 is 38.4 Å². The van der Waals surface area contributed by atoms with Gasteiger partial charge in [0.25, 0.3) is 5.56 Å². The quantitative estimate of drug-likeness (QED) is 0.575. The SMILES string of the molecule is O=C(O)C(Cc1nc2cccc(F)c2s1)c1cc2ccccc2[nH]c1=O. The third-order valence-corrected chi connectivity index (χ3v) is 5.35. The van der Waals surface area contributed by atoms with Gasteiger partial charge < -0.3 is 10.1 Å². The van der Waals surface area contributed by atoms with Gasteiger partial charge in [-0.15, -0.1) is 11.3 Å². The number of aliphatic carboxylic acids is 1. The number of hydrogen-bond donors (Lipinski definition) is 2. The predicted molar refractivity (Wildman–Crippen MR) is 98.2 cm³/mol. The van der Waals surface area contributed by atoms with Gasteiger partial charge in [-0.25, -0.2) is 9.37 Å². The smallest absolute Gasteiger partial charge is 0.311 e. The number of fused-ring (bicyclic) bond motifs is 2. The monoisotopic (exact) mass is 368 g/mol. The number of hydrogen-bond acceptors (Lipinski definition) is 4. The Hall–Kier alpha value is -3.06. The summed E-state index contributed by atoms with van der Waals surface area (Å²) in [7, 11) is 0. The maximum absolute atomic E-state index is 13.9. The first-order valence-corrected chi connectivity index (χ1v) is 8.73. The van der Waals surface area contributed by atoms with E-state index >= 15 is 0 Å². The van der Waals surface area contributed by atoms with E-state index in [1.54, 1.807) is 36.4 Å². The van der Waals surface area contributed by atoms with E-state index in [1.165, 1.54) is 6.07 Å². The summed E-state index contributed by atoms with van der Waals surface area (Å²) in [4.78, 5) is 31.3. The third-order valence-electron chi connectivity index (χ3n) is 4.25. The largest absolute Gasteiger partial charge is 0.481 e. The van der Waals surface area contributed by atoms with Crippen LogP contribution in [0.1, 0.15) is 16.5 Å². The first-order chi connectivity index (χ1) is 12.5. The number of thiazole rings is 1. The molecule has 4 aromatic rings. The lowest BCUT2D eigenvalue weighted by Gasteiger charge is -2.11. The molecule has 0 saturated carbocycles. The maximum Gasteiger partial charge on any atom is 0.311 e. The highest BCUT2D eigenvalue weighted by atomic mass is 32.1. The number of aromatic amines is 1. The summed E-state index contributed by atoms with van der Waals surface area (Å²) in [6.07, 6.45) is 0.0234. The number of carboxylic acid groups (broad SMARTS) is 1. The van der Waals surface area contributed by atoms with Crippen LogP contribution < -0.4 is 5.56 Å². The van der Waals surface area contributed by atoms with Gasteiger partial charge in [0, 0.05) is 17.5 Å². The third kappa shape index (κ3) is 2.86. The van der Waals surface area contributed by atoms with Crippen LogP contribution in [0.5, 0.6) is 0 Å². The van der Waals surface area contributed by atoms with E-state index in [4.69, 9.17) is 0 Å². The summed E-state index contributed by atoms with van der Waals surface area (Å²) in [5.74, 6) is -2.57. The van der Waals surface area contributed by atoms with Crippen LogP contribution in [-0.2, 0) is 11.2 Å². The Bertz CT molecular complexity index is 1200. The van der Waals surface area contributed by atoms with Crippen LogP contribution in [0, 0.1) is 5.82 Å². The maximum atomic E-state index is 13.9. The average molecular weight is 368 g/mol.